The van der Waals surface area contributed by atoms with Gasteiger partial charge in [0, 0.05) is 17.1 Å². The van der Waals surface area contributed by atoms with Gasteiger partial charge in [0.2, 0.25) is 0 Å². The van der Waals surface area contributed by atoms with Crippen LogP contribution in [0, 0.1) is 0 Å². The number of carbonyl (C=O) groups excluding carboxylic acids is 1. The third kappa shape index (κ3) is 3.80. The number of amides is 1. The Morgan fingerprint density at radius 1 is 1.58 bits per heavy atom. The van der Waals surface area contributed by atoms with Gasteiger partial charge in [0.1, 0.15) is 0 Å². The fraction of sp³-hybridized carbons (Fsp3) is 0.615. The van der Waals surface area contributed by atoms with Crippen molar-refractivity contribution in [1.82, 2.24) is 4.90 Å². The van der Waals surface area contributed by atoms with E-state index in [1.165, 1.54) is 11.3 Å². The van der Waals surface area contributed by atoms with Crippen LogP contribution in [-0.2, 0) is 0 Å². The van der Waals surface area contributed by atoms with E-state index in [0.717, 1.165) is 38.9 Å². The molecule has 1 amide bonds. The molecular weight excluding hydrogens is 394 g/mol. The third-order valence-corrected chi connectivity index (χ3v) is 6.60. The summed E-state index contributed by atoms with van der Waals surface area (Å²) in [5.41, 5.74) is 0. The van der Waals surface area contributed by atoms with E-state index in [4.69, 9.17) is 0 Å². The van der Waals surface area contributed by atoms with Crippen LogP contribution in [0.4, 0.5) is 0 Å². The molecule has 0 saturated carbocycles. The van der Waals surface area contributed by atoms with Crippen LogP contribution in [0.1, 0.15) is 42.3 Å². The van der Waals surface area contributed by atoms with Crippen LogP contribution >= 0.6 is 43.2 Å². The maximum absolute atomic E-state index is 12.6. The van der Waals surface area contributed by atoms with Crippen LogP contribution in [0.2, 0.25) is 0 Å². The number of rotatable bonds is 3. The van der Waals surface area contributed by atoms with Crippen molar-refractivity contribution >= 4 is 49.1 Å². The van der Waals surface area contributed by atoms with Gasteiger partial charge in [0.25, 0.3) is 5.91 Å². The van der Waals surface area contributed by atoms with Crippen LogP contribution < -0.4 is 0 Å². The summed E-state index contributed by atoms with van der Waals surface area (Å²) in [4.78, 5) is 15.2. The van der Waals surface area contributed by atoms with Crippen molar-refractivity contribution < 1.29 is 9.90 Å². The Balaban J connectivity index is 2.15. The third-order valence-electron chi connectivity index (χ3n) is 3.36. The van der Waals surface area contributed by atoms with E-state index < -0.39 is 0 Å². The molecule has 3 nitrogen and oxygen atoms in total. The van der Waals surface area contributed by atoms with Crippen molar-refractivity contribution in [2.45, 2.75) is 44.8 Å². The standard InChI is InChI=1S/C13H17Br2NO2S/c1-8(17)6-9-4-2-3-5-16(9)13(18)11-7-10(14)12(15)19-11/h7-9,17H,2-6H2,1H3. The number of halogens is 2. The molecule has 0 aliphatic carbocycles. The molecule has 1 N–H and O–H groups in total. The molecule has 2 unspecified atom stereocenters. The zero-order chi connectivity index (χ0) is 14.0. The average Bonchev–Trinajstić information content (AvgIpc) is 2.69. The fourth-order valence-electron chi connectivity index (χ4n) is 2.50. The highest BCUT2D eigenvalue weighted by Gasteiger charge is 2.29. The van der Waals surface area contributed by atoms with Gasteiger partial charge in [0.05, 0.1) is 14.8 Å². The molecule has 1 aliphatic rings. The lowest BCUT2D eigenvalue weighted by Crippen LogP contribution is -2.44. The molecule has 6 heteroatoms. The highest BCUT2D eigenvalue weighted by atomic mass is 79.9. The monoisotopic (exact) mass is 409 g/mol. The summed E-state index contributed by atoms with van der Waals surface area (Å²) in [7, 11) is 0. The number of hydrogen-bond acceptors (Lipinski definition) is 3. The van der Waals surface area contributed by atoms with E-state index in [1.54, 1.807) is 6.92 Å². The van der Waals surface area contributed by atoms with Crippen molar-refractivity contribution in [3.05, 3.63) is 19.2 Å². The lowest BCUT2D eigenvalue weighted by atomic mass is 9.97. The molecule has 2 rings (SSSR count). The number of nitrogens with zero attached hydrogens (tertiary/aromatic N) is 1. The Hall–Kier alpha value is 0.0900. The molecule has 1 aromatic heterocycles. The second-order valence-corrected chi connectivity index (χ2v) is 8.19. The van der Waals surface area contributed by atoms with Crippen LogP contribution in [-0.4, -0.2) is 34.6 Å². The van der Waals surface area contributed by atoms with Crippen molar-refractivity contribution in [2.75, 3.05) is 6.54 Å². The predicted octanol–water partition coefficient (Wildman–Crippen LogP) is 4.04. The van der Waals surface area contributed by atoms with E-state index in [-0.39, 0.29) is 18.1 Å². The van der Waals surface area contributed by atoms with E-state index >= 15 is 0 Å². The number of likely N-dealkylation sites (tertiary alicyclic amines) is 1. The minimum Gasteiger partial charge on any atom is -0.393 e. The first-order valence-corrected chi connectivity index (χ1v) is 8.83. The number of thiophene rings is 1. The van der Waals surface area contributed by atoms with Crippen molar-refractivity contribution in [3.63, 3.8) is 0 Å². The smallest absolute Gasteiger partial charge is 0.264 e. The Morgan fingerprint density at radius 3 is 2.89 bits per heavy atom. The molecule has 0 bridgehead atoms. The van der Waals surface area contributed by atoms with Gasteiger partial charge < -0.3 is 10.0 Å². The second-order valence-electron chi connectivity index (χ2n) is 4.97. The van der Waals surface area contributed by atoms with Gasteiger partial charge in [-0.05, 0) is 70.5 Å². The van der Waals surface area contributed by atoms with E-state index in [0.29, 0.717) is 6.42 Å². The summed E-state index contributed by atoms with van der Waals surface area (Å²) in [6.45, 7) is 2.58. The van der Waals surface area contributed by atoms with Gasteiger partial charge >= 0.3 is 0 Å². The van der Waals surface area contributed by atoms with Gasteiger partial charge in [-0.2, -0.15) is 0 Å². The second kappa shape index (κ2) is 6.70. The summed E-state index contributed by atoms with van der Waals surface area (Å²) in [6, 6.07) is 2.03. The van der Waals surface area contributed by atoms with Crippen LogP contribution in [0.25, 0.3) is 0 Å². The van der Waals surface area contributed by atoms with Gasteiger partial charge in [-0.25, -0.2) is 0 Å². The van der Waals surface area contributed by atoms with E-state index in [9.17, 15) is 9.90 Å². The van der Waals surface area contributed by atoms with Gasteiger partial charge in [-0.1, -0.05) is 0 Å². The van der Waals surface area contributed by atoms with Crippen LogP contribution in [0.5, 0.6) is 0 Å². The molecule has 106 valence electrons. The summed E-state index contributed by atoms with van der Waals surface area (Å²) in [6.07, 6.45) is 3.48. The Labute approximate surface area is 134 Å². The molecule has 1 aliphatic heterocycles. The van der Waals surface area contributed by atoms with Gasteiger partial charge in [0.15, 0.2) is 0 Å². The summed E-state index contributed by atoms with van der Waals surface area (Å²) >= 11 is 8.29. The topological polar surface area (TPSA) is 40.5 Å². The quantitative estimate of drug-likeness (QED) is 0.816. The van der Waals surface area contributed by atoms with Crippen LogP contribution in [0.3, 0.4) is 0 Å². The highest BCUT2D eigenvalue weighted by molar-refractivity contribution is 9.13. The zero-order valence-electron chi connectivity index (χ0n) is 10.7. The van der Waals surface area contributed by atoms with Crippen molar-refractivity contribution in [2.24, 2.45) is 0 Å². The normalized spacial score (nSPS) is 21.5. The maximum atomic E-state index is 12.6. The minimum absolute atomic E-state index is 0.0850. The number of aliphatic hydroxyl groups excluding tert-OH is 1. The van der Waals surface area contributed by atoms with E-state index in [1.807, 2.05) is 11.0 Å². The van der Waals surface area contributed by atoms with Crippen molar-refractivity contribution in [1.29, 1.82) is 0 Å². The SMILES string of the molecule is CC(O)CC1CCCCN1C(=O)c1cc(Br)c(Br)s1. The Bertz CT molecular complexity index is 442. The Kier molecular flexibility index (Phi) is 5.45. The molecule has 0 spiro atoms. The molecule has 2 atom stereocenters. The lowest BCUT2D eigenvalue weighted by molar-refractivity contribution is 0.0519. The first-order chi connectivity index (χ1) is 8.99. The number of aliphatic hydroxyl groups is 1. The first-order valence-electron chi connectivity index (χ1n) is 6.43. The number of piperidine rings is 1. The molecule has 19 heavy (non-hydrogen) atoms. The average molecular weight is 411 g/mol. The maximum Gasteiger partial charge on any atom is 0.264 e. The fourth-order valence-corrected chi connectivity index (χ4v) is 4.49. The van der Waals surface area contributed by atoms with Gasteiger partial charge in [-0.15, -0.1) is 11.3 Å². The minimum atomic E-state index is -0.361. The lowest BCUT2D eigenvalue weighted by Gasteiger charge is -2.36. The molecular formula is C13H17Br2NO2S. The molecule has 2 heterocycles. The number of carbonyl (C=O) groups is 1. The molecule has 1 saturated heterocycles. The largest absolute Gasteiger partial charge is 0.393 e. The molecule has 0 radical (unpaired) electrons. The summed E-state index contributed by atoms with van der Waals surface area (Å²) < 4.78 is 1.87. The van der Waals surface area contributed by atoms with E-state index in [2.05, 4.69) is 31.9 Å². The Morgan fingerprint density at radius 2 is 2.32 bits per heavy atom. The summed E-state index contributed by atoms with van der Waals surface area (Å²) in [5.74, 6) is 0.0850. The number of hydrogen-bond donors (Lipinski definition) is 1. The zero-order valence-corrected chi connectivity index (χ0v) is 14.7. The van der Waals surface area contributed by atoms with Crippen LogP contribution in [0.15, 0.2) is 14.3 Å². The van der Waals surface area contributed by atoms with Crippen molar-refractivity contribution in [3.8, 4) is 0 Å². The molecule has 1 aromatic rings. The highest BCUT2D eigenvalue weighted by Crippen LogP contribution is 2.34. The first kappa shape index (κ1) is 15.5. The molecule has 0 aromatic carbocycles. The summed E-state index contributed by atoms with van der Waals surface area (Å²) in [5, 5.41) is 9.57. The molecule has 1 fully saturated rings. The van der Waals surface area contributed by atoms with Gasteiger partial charge in [-0.3, -0.25) is 4.79 Å². The predicted molar refractivity (Wildman–Crippen MR) is 84.7 cm³/mol.